The number of halogens is 2. The van der Waals surface area contributed by atoms with Gasteiger partial charge in [-0.05, 0) is 37.9 Å². The number of rotatable bonds is 4. The molecule has 0 amide bonds. The summed E-state index contributed by atoms with van der Waals surface area (Å²) in [6, 6.07) is 5.36. The first-order valence-electron chi connectivity index (χ1n) is 6.79. The molecular formula is C15H21BrFNO. The predicted octanol–water partition coefficient (Wildman–Crippen LogP) is 3.83. The van der Waals surface area contributed by atoms with Gasteiger partial charge in [-0.3, -0.25) is 4.90 Å². The molecule has 0 spiro atoms. The highest BCUT2D eigenvalue weighted by atomic mass is 79.9. The van der Waals surface area contributed by atoms with Crippen LogP contribution in [0.2, 0.25) is 0 Å². The van der Waals surface area contributed by atoms with Crippen molar-refractivity contribution in [3.05, 3.63) is 29.6 Å². The van der Waals surface area contributed by atoms with Crippen LogP contribution in [0.15, 0.2) is 18.2 Å². The van der Waals surface area contributed by atoms with Gasteiger partial charge in [0.1, 0.15) is 0 Å². The standard InChI is InChI=1S/C15H21BrFNO/c1-11(16)12-6-8-18(9-7-12)10-13-4-3-5-14(19-2)15(13)17/h3-5,11-12H,6-10H2,1-2H3. The maximum Gasteiger partial charge on any atom is 0.169 e. The minimum absolute atomic E-state index is 0.221. The number of hydrogen-bond donors (Lipinski definition) is 0. The summed E-state index contributed by atoms with van der Waals surface area (Å²) < 4.78 is 19.1. The number of alkyl halides is 1. The Morgan fingerprint density at radius 2 is 2.11 bits per heavy atom. The number of hydrogen-bond acceptors (Lipinski definition) is 2. The lowest BCUT2D eigenvalue weighted by Gasteiger charge is -2.33. The average Bonchev–Trinajstić information content (AvgIpc) is 2.42. The summed E-state index contributed by atoms with van der Waals surface area (Å²) in [6.45, 7) is 4.96. The summed E-state index contributed by atoms with van der Waals surface area (Å²) in [6.07, 6.45) is 2.36. The number of piperidine rings is 1. The predicted molar refractivity (Wildman–Crippen MR) is 79.3 cm³/mol. The van der Waals surface area contributed by atoms with Crippen molar-refractivity contribution in [1.82, 2.24) is 4.90 Å². The fourth-order valence-electron chi connectivity index (χ4n) is 2.65. The van der Waals surface area contributed by atoms with Gasteiger partial charge in [0.25, 0.3) is 0 Å². The molecule has 4 heteroatoms. The van der Waals surface area contributed by atoms with Gasteiger partial charge in [-0.25, -0.2) is 4.39 Å². The molecule has 0 saturated carbocycles. The maximum absolute atomic E-state index is 14.1. The van der Waals surface area contributed by atoms with Crippen molar-refractivity contribution >= 4 is 15.9 Å². The van der Waals surface area contributed by atoms with E-state index in [-0.39, 0.29) is 5.82 Å². The first-order valence-corrected chi connectivity index (χ1v) is 7.71. The first-order chi connectivity index (χ1) is 9.11. The second kappa shape index (κ2) is 6.71. The second-order valence-corrected chi connectivity index (χ2v) is 6.67. The van der Waals surface area contributed by atoms with E-state index in [2.05, 4.69) is 27.8 Å². The minimum Gasteiger partial charge on any atom is -0.494 e. The van der Waals surface area contributed by atoms with Gasteiger partial charge in [0.2, 0.25) is 0 Å². The van der Waals surface area contributed by atoms with Gasteiger partial charge >= 0.3 is 0 Å². The normalized spacial score (nSPS) is 19.4. The molecule has 1 aromatic rings. The van der Waals surface area contributed by atoms with Gasteiger partial charge in [-0.1, -0.05) is 35.0 Å². The zero-order valence-corrected chi connectivity index (χ0v) is 13.1. The Kier molecular flexibility index (Phi) is 5.22. The third-order valence-corrected chi connectivity index (χ3v) is 4.69. The van der Waals surface area contributed by atoms with Gasteiger partial charge in [-0.15, -0.1) is 0 Å². The molecule has 1 aromatic carbocycles. The maximum atomic E-state index is 14.1. The fraction of sp³-hybridized carbons (Fsp3) is 0.600. The van der Waals surface area contributed by atoms with Crippen LogP contribution in [0.25, 0.3) is 0 Å². The van der Waals surface area contributed by atoms with E-state index in [0.29, 0.717) is 17.1 Å². The molecule has 19 heavy (non-hydrogen) atoms. The first kappa shape index (κ1) is 14.8. The molecule has 0 aromatic heterocycles. The third kappa shape index (κ3) is 3.69. The lowest BCUT2D eigenvalue weighted by molar-refractivity contribution is 0.176. The van der Waals surface area contributed by atoms with Gasteiger partial charge in [-0.2, -0.15) is 0 Å². The van der Waals surface area contributed by atoms with Crippen LogP contribution in [0.1, 0.15) is 25.3 Å². The molecule has 106 valence electrons. The zero-order valence-electron chi connectivity index (χ0n) is 11.5. The van der Waals surface area contributed by atoms with Crippen LogP contribution in [0.5, 0.6) is 5.75 Å². The molecule has 1 heterocycles. The Labute approximate surface area is 123 Å². The Bertz CT molecular complexity index is 417. The van der Waals surface area contributed by atoms with Crippen molar-refractivity contribution in [1.29, 1.82) is 0 Å². The smallest absolute Gasteiger partial charge is 0.169 e. The summed E-state index contributed by atoms with van der Waals surface area (Å²) in [5.74, 6) is 0.855. The highest BCUT2D eigenvalue weighted by molar-refractivity contribution is 9.09. The largest absolute Gasteiger partial charge is 0.494 e. The molecule has 1 unspecified atom stereocenters. The van der Waals surface area contributed by atoms with E-state index in [1.807, 2.05) is 12.1 Å². The van der Waals surface area contributed by atoms with Gasteiger partial charge in [0.05, 0.1) is 7.11 Å². The van der Waals surface area contributed by atoms with Crippen molar-refractivity contribution in [3.8, 4) is 5.75 Å². The van der Waals surface area contributed by atoms with E-state index in [4.69, 9.17) is 4.74 Å². The monoisotopic (exact) mass is 329 g/mol. The molecule has 2 rings (SSSR count). The van der Waals surface area contributed by atoms with Crippen LogP contribution >= 0.6 is 15.9 Å². The summed E-state index contributed by atoms with van der Waals surface area (Å²) in [5, 5.41) is 0. The van der Waals surface area contributed by atoms with E-state index in [1.54, 1.807) is 6.07 Å². The van der Waals surface area contributed by atoms with E-state index in [9.17, 15) is 4.39 Å². The highest BCUT2D eigenvalue weighted by Gasteiger charge is 2.23. The minimum atomic E-state index is -0.221. The molecule has 1 saturated heterocycles. The number of benzene rings is 1. The molecule has 1 atom stereocenters. The Morgan fingerprint density at radius 1 is 1.42 bits per heavy atom. The Hall–Kier alpha value is -0.610. The third-order valence-electron chi connectivity index (χ3n) is 3.94. The lowest BCUT2D eigenvalue weighted by Crippen LogP contribution is -2.35. The van der Waals surface area contributed by atoms with E-state index in [1.165, 1.54) is 20.0 Å². The van der Waals surface area contributed by atoms with Crippen molar-refractivity contribution in [2.45, 2.75) is 31.1 Å². The molecule has 1 fully saturated rings. The summed E-state index contributed by atoms with van der Waals surface area (Å²) in [5.41, 5.74) is 0.727. The van der Waals surface area contributed by atoms with Crippen LogP contribution in [-0.4, -0.2) is 29.9 Å². The molecule has 0 radical (unpaired) electrons. The molecule has 1 aliphatic rings. The van der Waals surface area contributed by atoms with Crippen LogP contribution in [0.4, 0.5) is 4.39 Å². The average molecular weight is 330 g/mol. The summed E-state index contributed by atoms with van der Waals surface area (Å²) in [4.78, 5) is 2.90. The van der Waals surface area contributed by atoms with Gasteiger partial charge in [0, 0.05) is 16.9 Å². The van der Waals surface area contributed by atoms with Crippen LogP contribution < -0.4 is 4.74 Å². The van der Waals surface area contributed by atoms with Gasteiger partial charge in [0.15, 0.2) is 11.6 Å². The quantitative estimate of drug-likeness (QED) is 0.778. The van der Waals surface area contributed by atoms with E-state index in [0.717, 1.165) is 24.6 Å². The molecular weight excluding hydrogens is 309 g/mol. The zero-order chi connectivity index (χ0) is 13.8. The molecule has 1 aliphatic heterocycles. The van der Waals surface area contributed by atoms with Crippen molar-refractivity contribution in [2.24, 2.45) is 5.92 Å². The molecule has 2 nitrogen and oxygen atoms in total. The number of nitrogens with zero attached hydrogens (tertiary/aromatic N) is 1. The van der Waals surface area contributed by atoms with Crippen molar-refractivity contribution in [3.63, 3.8) is 0 Å². The van der Waals surface area contributed by atoms with Crippen LogP contribution in [-0.2, 0) is 6.54 Å². The van der Waals surface area contributed by atoms with Crippen molar-refractivity contribution < 1.29 is 9.13 Å². The number of ether oxygens (including phenoxy) is 1. The highest BCUT2D eigenvalue weighted by Crippen LogP contribution is 2.27. The number of methoxy groups -OCH3 is 1. The fourth-order valence-corrected chi connectivity index (χ4v) is 3.18. The van der Waals surface area contributed by atoms with E-state index < -0.39 is 0 Å². The number of likely N-dealkylation sites (tertiary alicyclic amines) is 1. The van der Waals surface area contributed by atoms with E-state index >= 15 is 0 Å². The van der Waals surface area contributed by atoms with Gasteiger partial charge < -0.3 is 4.74 Å². The molecule has 0 bridgehead atoms. The SMILES string of the molecule is COc1cccc(CN2CCC(C(C)Br)CC2)c1F. The lowest BCUT2D eigenvalue weighted by atomic mass is 9.94. The molecule has 0 N–H and O–H groups in total. The second-order valence-electron chi connectivity index (χ2n) is 5.22. The van der Waals surface area contributed by atoms with Crippen LogP contribution in [0.3, 0.4) is 0 Å². The summed E-state index contributed by atoms with van der Waals surface area (Å²) in [7, 11) is 1.51. The summed E-state index contributed by atoms with van der Waals surface area (Å²) >= 11 is 3.66. The molecule has 0 aliphatic carbocycles. The van der Waals surface area contributed by atoms with Crippen LogP contribution in [0, 0.1) is 11.7 Å². The Morgan fingerprint density at radius 3 is 2.68 bits per heavy atom. The van der Waals surface area contributed by atoms with Crippen molar-refractivity contribution in [2.75, 3.05) is 20.2 Å². The Balaban J connectivity index is 1.96. The topological polar surface area (TPSA) is 12.5 Å².